The van der Waals surface area contributed by atoms with Crippen LogP contribution in [-0.2, 0) is 32.4 Å². The SMILES string of the molecule is CCCC1=CC=C([C@H]2CC(O)=CC(S(=O)(=O)Nc3ccccc3CC(C)(C)C=O)=N2)C(CCc2ccccc2)O1. The van der Waals surface area contributed by atoms with Crippen LogP contribution in [0.15, 0.2) is 94.9 Å². The quantitative estimate of drug-likeness (QED) is 0.306. The maximum absolute atomic E-state index is 13.5. The number of aldehydes is 1. The summed E-state index contributed by atoms with van der Waals surface area (Å²) in [4.78, 5) is 16.1. The number of sulfonamides is 1. The number of carbonyl (C=O) groups is 1. The zero-order valence-electron chi connectivity index (χ0n) is 23.3. The Hall–Kier alpha value is -3.65. The molecule has 40 heavy (non-hydrogen) atoms. The van der Waals surface area contributed by atoms with Crippen LogP contribution in [0.1, 0.15) is 57.6 Å². The lowest BCUT2D eigenvalue weighted by molar-refractivity contribution is -0.114. The molecule has 212 valence electrons. The van der Waals surface area contributed by atoms with Gasteiger partial charge in [-0.3, -0.25) is 9.71 Å². The average Bonchev–Trinajstić information content (AvgIpc) is 2.93. The first-order valence-corrected chi connectivity index (χ1v) is 15.2. The summed E-state index contributed by atoms with van der Waals surface area (Å²) in [6.45, 7) is 5.70. The zero-order valence-corrected chi connectivity index (χ0v) is 24.2. The highest BCUT2D eigenvalue weighted by Crippen LogP contribution is 2.33. The molecular formula is C32H38N2O5S. The van der Waals surface area contributed by atoms with E-state index < -0.39 is 21.5 Å². The van der Waals surface area contributed by atoms with Crippen LogP contribution in [0.3, 0.4) is 0 Å². The molecule has 0 amide bonds. The minimum Gasteiger partial charge on any atom is -0.512 e. The van der Waals surface area contributed by atoms with Gasteiger partial charge < -0.3 is 14.6 Å². The standard InChI is InChI=1S/C32H38N2O5S/c1-4-10-26-16-17-27(30(39-26)18-15-23-11-6-5-7-12-23)29-19-25(36)20-31(33-29)40(37,38)34-28-14-9-8-13-24(28)21-32(2,3)22-35/h5-9,11-14,16-17,20,22,29-30,34,36H,4,10,15,18-19,21H2,1-3H3/t29-,30?/m1/s1. The molecule has 0 saturated carbocycles. The third-order valence-electron chi connectivity index (χ3n) is 7.02. The molecule has 0 aliphatic carbocycles. The Morgan fingerprint density at radius 2 is 1.80 bits per heavy atom. The van der Waals surface area contributed by atoms with E-state index >= 15 is 0 Å². The average molecular weight is 563 g/mol. The number of ether oxygens (including phenoxy) is 1. The molecule has 0 spiro atoms. The van der Waals surface area contributed by atoms with Crippen molar-refractivity contribution in [1.29, 1.82) is 0 Å². The Labute approximate surface area is 237 Å². The van der Waals surface area contributed by atoms with Crippen molar-refractivity contribution in [3.05, 3.63) is 101 Å². The number of anilines is 1. The number of hydrogen-bond acceptors (Lipinski definition) is 6. The Bertz CT molecular complexity index is 1440. The van der Waals surface area contributed by atoms with E-state index in [1.807, 2.05) is 30.4 Å². The van der Waals surface area contributed by atoms with Gasteiger partial charge in [-0.25, -0.2) is 0 Å². The normalized spacial score (nSPS) is 19.5. The second kappa shape index (κ2) is 12.7. The first-order chi connectivity index (χ1) is 19.1. The van der Waals surface area contributed by atoms with Crippen molar-refractivity contribution >= 4 is 27.0 Å². The topological polar surface area (TPSA) is 105 Å². The predicted octanol–water partition coefficient (Wildman–Crippen LogP) is 6.45. The van der Waals surface area contributed by atoms with E-state index in [1.54, 1.807) is 38.1 Å². The number of carbonyl (C=O) groups excluding carboxylic acids is 1. The minimum atomic E-state index is -4.13. The summed E-state index contributed by atoms with van der Waals surface area (Å²) in [7, 11) is -4.13. The lowest BCUT2D eigenvalue weighted by Crippen LogP contribution is -2.32. The third kappa shape index (κ3) is 7.50. The van der Waals surface area contributed by atoms with E-state index in [-0.39, 0.29) is 23.3 Å². The van der Waals surface area contributed by atoms with Gasteiger partial charge >= 0.3 is 0 Å². The molecule has 0 bridgehead atoms. The summed E-state index contributed by atoms with van der Waals surface area (Å²) in [6.07, 6.45) is 9.51. The van der Waals surface area contributed by atoms with Gasteiger partial charge in [0.15, 0.2) is 5.04 Å². The smallest absolute Gasteiger partial charge is 0.279 e. The van der Waals surface area contributed by atoms with Crippen LogP contribution >= 0.6 is 0 Å². The Balaban J connectivity index is 1.61. The number of para-hydroxylation sites is 1. The Morgan fingerprint density at radius 1 is 1.07 bits per heavy atom. The molecule has 2 aliphatic heterocycles. The number of benzene rings is 2. The first kappa shape index (κ1) is 29.3. The van der Waals surface area contributed by atoms with E-state index in [2.05, 4.69) is 28.8 Å². The molecule has 2 heterocycles. The maximum Gasteiger partial charge on any atom is 0.279 e. The number of dihydropyridines is 1. The Kier molecular flexibility index (Phi) is 9.30. The summed E-state index contributed by atoms with van der Waals surface area (Å²) < 4.78 is 36.0. The van der Waals surface area contributed by atoms with Gasteiger partial charge in [0.05, 0.1) is 23.2 Å². The molecule has 7 nitrogen and oxygen atoms in total. The minimum absolute atomic E-state index is 0.0539. The molecule has 0 aromatic heterocycles. The van der Waals surface area contributed by atoms with Crippen LogP contribution in [0.4, 0.5) is 5.69 Å². The highest BCUT2D eigenvalue weighted by molar-refractivity contribution is 8.07. The van der Waals surface area contributed by atoms with Gasteiger partial charge in [0, 0.05) is 24.3 Å². The number of aryl methyl sites for hydroxylation is 1. The van der Waals surface area contributed by atoms with E-state index in [4.69, 9.17) is 4.74 Å². The number of hydrogen-bond donors (Lipinski definition) is 2. The summed E-state index contributed by atoms with van der Waals surface area (Å²) in [5, 5.41) is 10.4. The molecule has 2 N–H and O–H groups in total. The van der Waals surface area contributed by atoms with Gasteiger partial charge in [-0.15, -0.1) is 0 Å². The van der Waals surface area contributed by atoms with Crippen LogP contribution in [0, 0.1) is 5.41 Å². The predicted molar refractivity (Wildman–Crippen MR) is 160 cm³/mol. The maximum atomic E-state index is 13.5. The number of rotatable bonds is 11. The fraction of sp³-hybridized carbons (Fsp3) is 0.375. The molecular weight excluding hydrogens is 524 g/mol. The molecule has 2 aromatic carbocycles. The monoisotopic (exact) mass is 562 g/mol. The summed E-state index contributed by atoms with van der Waals surface area (Å²) in [6, 6.07) is 16.6. The van der Waals surface area contributed by atoms with Gasteiger partial charge in [-0.05, 0) is 54.5 Å². The first-order valence-electron chi connectivity index (χ1n) is 13.8. The van der Waals surface area contributed by atoms with Crippen molar-refractivity contribution < 1.29 is 23.1 Å². The lowest BCUT2D eigenvalue weighted by atomic mass is 9.87. The highest BCUT2D eigenvalue weighted by atomic mass is 32.2. The van der Waals surface area contributed by atoms with Crippen molar-refractivity contribution in [3.8, 4) is 0 Å². The van der Waals surface area contributed by atoms with Gasteiger partial charge in [0.25, 0.3) is 10.0 Å². The summed E-state index contributed by atoms with van der Waals surface area (Å²) in [5.74, 6) is 0.843. The van der Waals surface area contributed by atoms with Crippen molar-refractivity contribution in [2.24, 2.45) is 10.4 Å². The molecule has 0 fully saturated rings. The molecule has 1 unspecified atom stereocenters. The molecule has 0 saturated heterocycles. The molecule has 4 rings (SSSR count). The lowest BCUT2D eigenvalue weighted by Gasteiger charge is -2.31. The number of aliphatic hydroxyl groups is 1. The van der Waals surface area contributed by atoms with Gasteiger partial charge in [0.1, 0.15) is 12.4 Å². The van der Waals surface area contributed by atoms with Crippen molar-refractivity contribution in [3.63, 3.8) is 0 Å². The van der Waals surface area contributed by atoms with Crippen molar-refractivity contribution in [2.75, 3.05) is 4.72 Å². The van der Waals surface area contributed by atoms with Crippen LogP contribution in [0.25, 0.3) is 0 Å². The highest BCUT2D eigenvalue weighted by Gasteiger charge is 2.33. The van der Waals surface area contributed by atoms with E-state index in [1.165, 1.54) is 11.6 Å². The number of allylic oxidation sites excluding steroid dienone is 3. The number of nitrogens with one attached hydrogen (secondary N) is 1. The van der Waals surface area contributed by atoms with Gasteiger partial charge in [-0.2, -0.15) is 8.42 Å². The second-order valence-corrected chi connectivity index (χ2v) is 12.7. The van der Waals surface area contributed by atoms with Crippen molar-refractivity contribution in [2.45, 2.75) is 71.4 Å². The van der Waals surface area contributed by atoms with Crippen LogP contribution in [0.2, 0.25) is 0 Å². The molecule has 2 atom stereocenters. The molecule has 2 aliphatic rings. The molecule has 0 radical (unpaired) electrons. The molecule has 8 heteroatoms. The van der Waals surface area contributed by atoms with Crippen LogP contribution < -0.4 is 4.72 Å². The summed E-state index contributed by atoms with van der Waals surface area (Å²) >= 11 is 0. The number of aliphatic imine (C=N–C) groups is 1. The fourth-order valence-electron chi connectivity index (χ4n) is 4.95. The van der Waals surface area contributed by atoms with Gasteiger partial charge in [-0.1, -0.05) is 75.4 Å². The zero-order chi connectivity index (χ0) is 28.8. The third-order valence-corrected chi connectivity index (χ3v) is 8.29. The second-order valence-electron chi connectivity index (χ2n) is 11.0. The van der Waals surface area contributed by atoms with Gasteiger partial charge in [0.2, 0.25) is 0 Å². The van der Waals surface area contributed by atoms with E-state index in [0.29, 0.717) is 24.1 Å². The van der Waals surface area contributed by atoms with E-state index in [0.717, 1.165) is 36.9 Å². The fourth-order valence-corrected chi connectivity index (χ4v) is 6.10. The van der Waals surface area contributed by atoms with Crippen molar-refractivity contribution in [1.82, 2.24) is 0 Å². The number of aliphatic hydroxyl groups excluding tert-OH is 1. The van der Waals surface area contributed by atoms with Crippen LogP contribution in [-0.4, -0.2) is 37.0 Å². The Morgan fingerprint density at radius 3 is 2.52 bits per heavy atom. The summed E-state index contributed by atoms with van der Waals surface area (Å²) in [5.41, 5.74) is 2.46. The number of nitrogens with zero attached hydrogens (tertiary/aromatic N) is 1. The largest absolute Gasteiger partial charge is 0.512 e. The van der Waals surface area contributed by atoms with Crippen LogP contribution in [0.5, 0.6) is 0 Å². The molecule has 2 aromatic rings. The van der Waals surface area contributed by atoms with E-state index in [9.17, 15) is 18.3 Å².